The molecule has 0 saturated heterocycles. The van der Waals surface area contributed by atoms with Gasteiger partial charge in [0.2, 0.25) is 0 Å². The Kier molecular flexibility index (Phi) is 5.84. The van der Waals surface area contributed by atoms with Crippen LogP contribution in [0.3, 0.4) is 0 Å². The highest BCUT2D eigenvalue weighted by molar-refractivity contribution is 7.88. The van der Waals surface area contributed by atoms with Crippen LogP contribution in [-0.2, 0) is 14.9 Å². The summed E-state index contributed by atoms with van der Waals surface area (Å²) in [5, 5.41) is -0.383. The van der Waals surface area contributed by atoms with Crippen LogP contribution in [0.1, 0.15) is 35.8 Å². The van der Waals surface area contributed by atoms with Crippen LogP contribution in [0.2, 0.25) is 10.0 Å². The Morgan fingerprint density at radius 1 is 1.22 bits per heavy atom. The fourth-order valence-corrected chi connectivity index (χ4v) is 3.26. The molecule has 0 fully saturated rings. The number of hydrogen-bond donors (Lipinski definition) is 0. The summed E-state index contributed by atoms with van der Waals surface area (Å²) in [6.45, 7) is 3.18. The van der Waals surface area contributed by atoms with Crippen molar-refractivity contribution in [3.63, 3.8) is 0 Å². The lowest BCUT2D eigenvalue weighted by atomic mass is 10.00. The number of halogens is 5. The number of benzene rings is 1. The molecule has 0 bridgehead atoms. The van der Waals surface area contributed by atoms with E-state index in [2.05, 4.69) is 13.9 Å². The number of aromatic nitrogens is 1. The van der Waals surface area contributed by atoms with Gasteiger partial charge in [-0.25, -0.2) is 9.78 Å². The van der Waals surface area contributed by atoms with Gasteiger partial charge in [-0.1, -0.05) is 37.0 Å². The van der Waals surface area contributed by atoms with Gasteiger partial charge in [0.25, 0.3) is 0 Å². The Bertz CT molecular complexity index is 1020. The minimum atomic E-state index is -6.10. The molecular weight excluding hydrogens is 434 g/mol. The molecule has 0 aliphatic rings. The van der Waals surface area contributed by atoms with E-state index in [0.717, 1.165) is 13.2 Å². The lowest BCUT2D eigenvalue weighted by Crippen LogP contribution is -2.29. The molecule has 0 radical (unpaired) electrons. The van der Waals surface area contributed by atoms with E-state index in [1.54, 1.807) is 13.8 Å². The first-order chi connectivity index (χ1) is 12.3. The molecule has 0 aliphatic heterocycles. The highest BCUT2D eigenvalue weighted by Crippen LogP contribution is 2.41. The van der Waals surface area contributed by atoms with E-state index in [1.807, 2.05) is 0 Å². The summed E-state index contributed by atoms with van der Waals surface area (Å²) in [4.78, 5) is 16.4. The average molecular weight is 446 g/mol. The first-order valence-electron chi connectivity index (χ1n) is 7.21. The number of alkyl halides is 3. The second-order valence-electron chi connectivity index (χ2n) is 5.61. The molecule has 0 amide bonds. The lowest BCUT2D eigenvalue weighted by Gasteiger charge is -2.19. The molecule has 0 spiro atoms. The van der Waals surface area contributed by atoms with Crippen molar-refractivity contribution in [2.24, 2.45) is 0 Å². The van der Waals surface area contributed by atoms with Gasteiger partial charge in [-0.05, 0) is 18.1 Å². The monoisotopic (exact) mass is 445 g/mol. The number of ether oxygens (including phenoxy) is 1. The molecule has 0 atom stereocenters. The fraction of sp³-hybridized carbons (Fsp3) is 0.333. The summed E-state index contributed by atoms with van der Waals surface area (Å²) in [5.41, 5.74) is -6.42. The molecule has 148 valence electrons. The van der Waals surface area contributed by atoms with Gasteiger partial charge in [0.1, 0.15) is 5.56 Å². The third kappa shape index (κ3) is 4.07. The number of nitrogens with zero attached hydrogens (tertiary/aromatic N) is 1. The lowest BCUT2D eigenvalue weighted by molar-refractivity contribution is -0.0500. The van der Waals surface area contributed by atoms with Gasteiger partial charge in [-0.15, -0.1) is 0 Å². The van der Waals surface area contributed by atoms with Crippen molar-refractivity contribution in [1.82, 2.24) is 4.98 Å². The number of rotatable bonds is 4. The summed E-state index contributed by atoms with van der Waals surface area (Å²) >= 11 is 11.9. The minimum absolute atomic E-state index is 0.0309. The molecule has 2 rings (SSSR count). The van der Waals surface area contributed by atoms with E-state index in [4.69, 9.17) is 23.2 Å². The summed E-state index contributed by atoms with van der Waals surface area (Å²) in [7, 11) is -5.12. The van der Waals surface area contributed by atoms with Crippen LogP contribution in [0.25, 0.3) is 10.9 Å². The van der Waals surface area contributed by atoms with Crippen LogP contribution in [0, 0.1) is 0 Å². The molecule has 0 N–H and O–H groups in total. The van der Waals surface area contributed by atoms with Crippen molar-refractivity contribution >= 4 is 50.2 Å². The maximum absolute atomic E-state index is 12.9. The van der Waals surface area contributed by atoms with Gasteiger partial charge >= 0.3 is 21.6 Å². The van der Waals surface area contributed by atoms with Gasteiger partial charge in [0.15, 0.2) is 5.75 Å². The van der Waals surface area contributed by atoms with Gasteiger partial charge < -0.3 is 8.92 Å². The van der Waals surface area contributed by atoms with E-state index in [1.165, 1.54) is 6.07 Å². The predicted octanol–water partition coefficient (Wildman–Crippen LogP) is 4.68. The molecule has 1 aromatic heterocycles. The highest BCUT2D eigenvalue weighted by Gasteiger charge is 2.49. The van der Waals surface area contributed by atoms with Crippen molar-refractivity contribution in [1.29, 1.82) is 0 Å². The Labute approximate surface area is 162 Å². The van der Waals surface area contributed by atoms with Gasteiger partial charge in [-0.3, -0.25) is 0 Å². The zero-order chi connectivity index (χ0) is 20.7. The van der Waals surface area contributed by atoms with Crippen molar-refractivity contribution in [2.45, 2.75) is 25.3 Å². The molecule has 1 heterocycles. The highest BCUT2D eigenvalue weighted by atomic mass is 35.5. The second kappa shape index (κ2) is 7.33. The largest absolute Gasteiger partial charge is 0.534 e. The van der Waals surface area contributed by atoms with Crippen LogP contribution in [0.5, 0.6) is 5.75 Å². The van der Waals surface area contributed by atoms with Gasteiger partial charge in [0, 0.05) is 10.4 Å². The first-order valence-corrected chi connectivity index (χ1v) is 9.38. The second-order valence-corrected chi connectivity index (χ2v) is 8.00. The molecule has 27 heavy (non-hydrogen) atoms. The van der Waals surface area contributed by atoms with Crippen molar-refractivity contribution < 1.29 is 35.3 Å². The van der Waals surface area contributed by atoms with E-state index in [-0.39, 0.29) is 26.6 Å². The number of pyridine rings is 1. The Balaban J connectivity index is 3.02. The van der Waals surface area contributed by atoms with Crippen LogP contribution >= 0.6 is 23.2 Å². The summed E-state index contributed by atoms with van der Waals surface area (Å²) in [6.07, 6.45) is 0. The fourth-order valence-electron chi connectivity index (χ4n) is 2.24. The molecule has 0 aliphatic carbocycles. The van der Waals surface area contributed by atoms with Crippen LogP contribution in [0.4, 0.5) is 13.2 Å². The summed E-state index contributed by atoms with van der Waals surface area (Å²) in [6, 6.07) is 2.36. The number of methoxy groups -OCH3 is 1. The van der Waals surface area contributed by atoms with Crippen LogP contribution in [0.15, 0.2) is 12.1 Å². The average Bonchev–Trinajstić information content (AvgIpc) is 2.52. The third-order valence-electron chi connectivity index (χ3n) is 3.40. The molecular formula is C15H12Cl2F3NO5S. The van der Waals surface area contributed by atoms with E-state index < -0.39 is 38.8 Å². The number of carbonyl (C=O) groups excluding carboxylic acids is 1. The maximum Gasteiger partial charge on any atom is 0.534 e. The first kappa shape index (κ1) is 21.5. The smallest absolute Gasteiger partial charge is 0.465 e. The van der Waals surface area contributed by atoms with Crippen molar-refractivity contribution in [3.8, 4) is 5.75 Å². The van der Waals surface area contributed by atoms with Gasteiger partial charge in [0.05, 0.1) is 23.3 Å². The maximum atomic E-state index is 12.9. The number of hydrogen-bond acceptors (Lipinski definition) is 6. The van der Waals surface area contributed by atoms with Crippen LogP contribution in [-0.4, -0.2) is 32.0 Å². The van der Waals surface area contributed by atoms with Crippen molar-refractivity contribution in [3.05, 3.63) is 33.4 Å². The minimum Gasteiger partial charge on any atom is -0.465 e. The Hall–Kier alpha value is -1.78. The molecule has 0 unspecified atom stereocenters. The Morgan fingerprint density at radius 3 is 2.30 bits per heavy atom. The number of carbonyl (C=O) groups is 1. The molecule has 0 saturated carbocycles. The third-order valence-corrected chi connectivity index (χ3v) is 4.86. The normalized spacial score (nSPS) is 12.5. The number of fused-ring (bicyclic) bond motifs is 1. The molecule has 2 aromatic rings. The zero-order valence-corrected chi connectivity index (χ0v) is 16.3. The zero-order valence-electron chi connectivity index (χ0n) is 14.0. The molecule has 6 nitrogen and oxygen atoms in total. The topological polar surface area (TPSA) is 82.6 Å². The molecule has 1 aromatic carbocycles. The summed E-state index contributed by atoms with van der Waals surface area (Å²) in [5.74, 6) is -2.54. The Morgan fingerprint density at radius 2 is 1.81 bits per heavy atom. The standard InChI is InChI=1S/C15H12Cl2F3NO5S/c1-6(2)11-10(14(22)25-3)13(26-27(23,24)15(18,19)20)8-4-7(16)5-9(17)12(8)21-11/h4-6H,1-3H3. The van der Waals surface area contributed by atoms with Crippen LogP contribution < -0.4 is 4.18 Å². The summed E-state index contributed by atoms with van der Waals surface area (Å²) < 4.78 is 70.7. The van der Waals surface area contributed by atoms with E-state index >= 15 is 0 Å². The molecule has 12 heteroatoms. The van der Waals surface area contributed by atoms with E-state index in [0.29, 0.717) is 0 Å². The van der Waals surface area contributed by atoms with E-state index in [9.17, 15) is 26.4 Å². The quantitative estimate of drug-likeness (QED) is 0.386. The van der Waals surface area contributed by atoms with Crippen molar-refractivity contribution in [2.75, 3.05) is 7.11 Å². The SMILES string of the molecule is COC(=O)c1c(C(C)C)nc2c(Cl)cc(Cl)cc2c1OS(=O)(=O)C(F)(F)F. The number of esters is 1. The van der Waals surface area contributed by atoms with Gasteiger partial charge in [-0.2, -0.15) is 21.6 Å². The predicted molar refractivity (Wildman–Crippen MR) is 92.8 cm³/mol.